The number of nitrogens with zero attached hydrogens (tertiary/aromatic N) is 1. The molecule has 2 heteroatoms. The van der Waals surface area contributed by atoms with Crippen LogP contribution in [0.1, 0.15) is 31.9 Å². The molecule has 0 radical (unpaired) electrons. The summed E-state index contributed by atoms with van der Waals surface area (Å²) >= 11 is 0. The van der Waals surface area contributed by atoms with Crippen molar-refractivity contribution in [2.75, 3.05) is 20.1 Å². The summed E-state index contributed by atoms with van der Waals surface area (Å²) in [6.07, 6.45) is 1.12. The average Bonchev–Trinajstić information content (AvgIpc) is 2.29. The predicted molar refractivity (Wildman–Crippen MR) is 75.3 cm³/mol. The molecule has 0 aliphatic heterocycles. The Hall–Kier alpha value is -0.860. The summed E-state index contributed by atoms with van der Waals surface area (Å²) < 4.78 is 0. The maximum absolute atomic E-state index is 3.44. The summed E-state index contributed by atoms with van der Waals surface area (Å²) in [4.78, 5) is 2.36. The highest BCUT2D eigenvalue weighted by molar-refractivity contribution is 5.22. The van der Waals surface area contributed by atoms with Crippen molar-refractivity contribution in [3.05, 3.63) is 35.4 Å². The van der Waals surface area contributed by atoms with Gasteiger partial charge in [0.25, 0.3) is 0 Å². The van der Waals surface area contributed by atoms with Crippen molar-refractivity contribution in [2.45, 2.75) is 39.8 Å². The molecule has 1 aromatic rings. The Bertz CT molecular complexity index is 303. The van der Waals surface area contributed by atoms with Crippen LogP contribution in [0, 0.1) is 0 Å². The first-order chi connectivity index (χ1) is 8.11. The number of hydrogen-bond donors (Lipinski definition) is 1. The normalized spacial score (nSPS) is 11.4. The van der Waals surface area contributed by atoms with Gasteiger partial charge in [0, 0.05) is 25.7 Å². The molecule has 96 valence electrons. The fraction of sp³-hybridized carbons (Fsp3) is 0.600. The predicted octanol–water partition coefficient (Wildman–Crippen LogP) is 2.68. The fourth-order valence-corrected chi connectivity index (χ4v) is 1.82. The molecule has 0 aliphatic carbocycles. The van der Waals surface area contributed by atoms with Crippen LogP contribution in [0.3, 0.4) is 0 Å². The lowest BCUT2D eigenvalue weighted by Crippen LogP contribution is -2.32. The zero-order valence-electron chi connectivity index (χ0n) is 11.7. The van der Waals surface area contributed by atoms with Gasteiger partial charge in [-0.3, -0.25) is 0 Å². The molecular formula is C15H26N2. The lowest BCUT2D eigenvalue weighted by atomic mass is 10.1. The monoisotopic (exact) mass is 234 g/mol. The molecule has 0 saturated heterocycles. The summed E-state index contributed by atoms with van der Waals surface area (Å²) in [5.41, 5.74) is 2.81. The Kier molecular flexibility index (Phi) is 6.23. The highest BCUT2D eigenvalue weighted by Gasteiger charge is 2.00. The van der Waals surface area contributed by atoms with Crippen molar-refractivity contribution in [3.63, 3.8) is 0 Å². The van der Waals surface area contributed by atoms with Gasteiger partial charge in [0.1, 0.15) is 0 Å². The van der Waals surface area contributed by atoms with Crippen molar-refractivity contribution in [1.82, 2.24) is 10.2 Å². The van der Waals surface area contributed by atoms with E-state index in [1.807, 2.05) is 0 Å². The first-order valence-electron chi connectivity index (χ1n) is 6.61. The Morgan fingerprint density at radius 1 is 1.12 bits per heavy atom. The molecule has 0 unspecified atom stereocenters. The molecule has 0 aromatic heterocycles. The molecule has 1 aromatic carbocycles. The van der Waals surface area contributed by atoms with E-state index in [4.69, 9.17) is 0 Å². The summed E-state index contributed by atoms with van der Waals surface area (Å²) in [5.74, 6) is 0. The second-order valence-electron chi connectivity index (χ2n) is 5.02. The first-order valence-corrected chi connectivity index (χ1v) is 6.61. The minimum Gasteiger partial charge on any atom is -0.313 e. The number of hydrogen-bond acceptors (Lipinski definition) is 2. The van der Waals surface area contributed by atoms with Crippen LogP contribution in [0.5, 0.6) is 0 Å². The lowest BCUT2D eigenvalue weighted by Gasteiger charge is -2.18. The highest BCUT2D eigenvalue weighted by Crippen LogP contribution is 2.06. The van der Waals surface area contributed by atoms with E-state index in [0.717, 1.165) is 26.1 Å². The maximum atomic E-state index is 3.44. The Morgan fingerprint density at radius 3 is 2.24 bits per heavy atom. The molecule has 0 saturated carbocycles. The maximum Gasteiger partial charge on any atom is 0.0231 e. The molecule has 0 fully saturated rings. The third kappa shape index (κ3) is 5.85. The average molecular weight is 234 g/mol. The van der Waals surface area contributed by atoms with Crippen molar-refractivity contribution in [3.8, 4) is 0 Å². The van der Waals surface area contributed by atoms with Gasteiger partial charge in [0.15, 0.2) is 0 Å². The van der Waals surface area contributed by atoms with Crippen molar-refractivity contribution in [1.29, 1.82) is 0 Å². The van der Waals surface area contributed by atoms with Crippen LogP contribution in [0.4, 0.5) is 0 Å². The zero-order valence-corrected chi connectivity index (χ0v) is 11.7. The van der Waals surface area contributed by atoms with Crippen molar-refractivity contribution >= 4 is 0 Å². The van der Waals surface area contributed by atoms with Crippen LogP contribution in [-0.2, 0) is 13.0 Å². The van der Waals surface area contributed by atoms with E-state index in [-0.39, 0.29) is 0 Å². The van der Waals surface area contributed by atoms with Crippen LogP contribution in [0.2, 0.25) is 0 Å². The number of likely N-dealkylation sites (N-methyl/N-ethyl adjacent to an activating group) is 1. The Balaban J connectivity index is 2.31. The third-order valence-corrected chi connectivity index (χ3v) is 2.93. The second kappa shape index (κ2) is 7.46. The zero-order chi connectivity index (χ0) is 12.7. The van der Waals surface area contributed by atoms with Gasteiger partial charge in [-0.05, 0) is 24.6 Å². The molecular weight excluding hydrogens is 208 g/mol. The van der Waals surface area contributed by atoms with Crippen molar-refractivity contribution < 1.29 is 0 Å². The van der Waals surface area contributed by atoms with Crippen LogP contribution in [-0.4, -0.2) is 31.1 Å². The van der Waals surface area contributed by atoms with E-state index in [0.29, 0.717) is 6.04 Å². The molecule has 1 N–H and O–H groups in total. The van der Waals surface area contributed by atoms with E-state index >= 15 is 0 Å². The van der Waals surface area contributed by atoms with Gasteiger partial charge >= 0.3 is 0 Å². The van der Waals surface area contributed by atoms with E-state index in [1.54, 1.807) is 0 Å². The first kappa shape index (κ1) is 14.2. The third-order valence-electron chi connectivity index (χ3n) is 2.93. The summed E-state index contributed by atoms with van der Waals surface area (Å²) in [6, 6.07) is 9.52. The van der Waals surface area contributed by atoms with E-state index in [2.05, 4.69) is 62.3 Å². The highest BCUT2D eigenvalue weighted by atomic mass is 15.1. The van der Waals surface area contributed by atoms with Gasteiger partial charge in [0.05, 0.1) is 0 Å². The summed E-state index contributed by atoms with van der Waals surface area (Å²) in [6.45, 7) is 9.74. The second-order valence-corrected chi connectivity index (χ2v) is 5.02. The van der Waals surface area contributed by atoms with Gasteiger partial charge in [-0.25, -0.2) is 0 Å². The topological polar surface area (TPSA) is 15.3 Å². The van der Waals surface area contributed by atoms with E-state index in [9.17, 15) is 0 Å². The molecule has 0 heterocycles. The molecule has 17 heavy (non-hydrogen) atoms. The van der Waals surface area contributed by atoms with Crippen LogP contribution in [0.25, 0.3) is 0 Å². The minimum absolute atomic E-state index is 0.576. The molecule has 2 nitrogen and oxygen atoms in total. The van der Waals surface area contributed by atoms with E-state index < -0.39 is 0 Å². The molecule has 0 aliphatic rings. The van der Waals surface area contributed by atoms with Gasteiger partial charge < -0.3 is 10.2 Å². The SMILES string of the molecule is CCc1ccc(CN(C)CCNC(C)C)cc1. The van der Waals surface area contributed by atoms with Gasteiger partial charge in [-0.1, -0.05) is 45.0 Å². The molecule has 0 bridgehead atoms. The van der Waals surface area contributed by atoms with Gasteiger partial charge in [-0.15, -0.1) is 0 Å². The summed E-state index contributed by atoms with van der Waals surface area (Å²) in [5, 5.41) is 3.44. The molecule has 1 rings (SSSR count). The largest absolute Gasteiger partial charge is 0.313 e. The van der Waals surface area contributed by atoms with Gasteiger partial charge in [0.2, 0.25) is 0 Å². The number of benzene rings is 1. The molecule has 0 spiro atoms. The van der Waals surface area contributed by atoms with Crippen LogP contribution in [0.15, 0.2) is 24.3 Å². The standard InChI is InChI=1S/C15H26N2/c1-5-14-6-8-15(9-7-14)12-17(4)11-10-16-13(2)3/h6-9,13,16H,5,10-12H2,1-4H3. The summed E-state index contributed by atoms with van der Waals surface area (Å²) in [7, 11) is 2.18. The van der Waals surface area contributed by atoms with E-state index in [1.165, 1.54) is 11.1 Å². The Morgan fingerprint density at radius 2 is 1.71 bits per heavy atom. The van der Waals surface area contributed by atoms with Crippen LogP contribution < -0.4 is 5.32 Å². The Labute approximate surface area is 106 Å². The van der Waals surface area contributed by atoms with Crippen molar-refractivity contribution in [2.24, 2.45) is 0 Å². The number of nitrogens with one attached hydrogen (secondary N) is 1. The minimum atomic E-state index is 0.576. The number of aryl methyl sites for hydroxylation is 1. The lowest BCUT2D eigenvalue weighted by molar-refractivity contribution is 0.320. The van der Waals surface area contributed by atoms with Crippen LogP contribution >= 0.6 is 0 Å². The smallest absolute Gasteiger partial charge is 0.0231 e. The van der Waals surface area contributed by atoms with Gasteiger partial charge in [-0.2, -0.15) is 0 Å². The number of rotatable bonds is 7. The molecule has 0 atom stereocenters. The molecule has 0 amide bonds. The fourth-order valence-electron chi connectivity index (χ4n) is 1.82. The quantitative estimate of drug-likeness (QED) is 0.780.